The van der Waals surface area contributed by atoms with E-state index in [1.165, 1.54) is 0 Å². The molecule has 0 fully saturated rings. The molecule has 0 unspecified atom stereocenters. The van der Waals surface area contributed by atoms with Crippen molar-refractivity contribution in [2.75, 3.05) is 0 Å². The first-order valence-electron chi connectivity index (χ1n) is 4.35. The minimum atomic E-state index is -4.60. The number of rotatable bonds is 2. The minimum absolute atomic E-state index is 0. The van der Waals surface area contributed by atoms with Gasteiger partial charge in [-0.15, -0.1) is 12.4 Å². The van der Waals surface area contributed by atoms with Crippen LogP contribution in [0.25, 0.3) is 0 Å². The van der Waals surface area contributed by atoms with Crippen molar-refractivity contribution in [2.45, 2.75) is 18.6 Å². The molecule has 17 heavy (non-hydrogen) atoms. The van der Waals surface area contributed by atoms with Crippen molar-refractivity contribution < 1.29 is 17.6 Å². The summed E-state index contributed by atoms with van der Waals surface area (Å²) >= 11 is 0. The van der Waals surface area contributed by atoms with E-state index in [1.54, 1.807) is 6.07 Å². The average molecular weight is 269 g/mol. The van der Waals surface area contributed by atoms with E-state index in [0.29, 0.717) is 18.2 Å². The summed E-state index contributed by atoms with van der Waals surface area (Å²) in [6.07, 6.45) is -4.90. The number of halogens is 5. The van der Waals surface area contributed by atoms with Gasteiger partial charge in [-0.2, -0.15) is 18.4 Å². The zero-order valence-corrected chi connectivity index (χ0v) is 9.28. The van der Waals surface area contributed by atoms with E-state index >= 15 is 0 Å². The highest BCUT2D eigenvalue weighted by Crippen LogP contribution is 2.35. The smallest absolute Gasteiger partial charge is 0.323 e. The molecule has 1 aromatic carbocycles. The van der Waals surface area contributed by atoms with Crippen LogP contribution < -0.4 is 5.73 Å². The molecule has 0 spiro atoms. The highest BCUT2D eigenvalue weighted by Gasteiger charge is 2.34. The van der Waals surface area contributed by atoms with E-state index in [-0.39, 0.29) is 18.8 Å². The van der Waals surface area contributed by atoms with Gasteiger partial charge in [0, 0.05) is 6.04 Å². The number of hydrogen-bond acceptors (Lipinski definition) is 2. The summed E-state index contributed by atoms with van der Waals surface area (Å²) in [4.78, 5) is 0. The van der Waals surface area contributed by atoms with E-state index in [2.05, 4.69) is 0 Å². The fourth-order valence-electron chi connectivity index (χ4n) is 1.31. The largest absolute Gasteiger partial charge is 0.416 e. The number of nitriles is 1. The highest BCUT2D eigenvalue weighted by atomic mass is 35.5. The van der Waals surface area contributed by atoms with E-state index in [1.807, 2.05) is 0 Å². The zero-order chi connectivity index (χ0) is 12.3. The van der Waals surface area contributed by atoms with Crippen molar-refractivity contribution >= 4 is 12.4 Å². The third-order valence-corrected chi connectivity index (χ3v) is 2.03. The van der Waals surface area contributed by atoms with Crippen LogP contribution in [-0.2, 0) is 6.18 Å². The van der Waals surface area contributed by atoms with Crippen molar-refractivity contribution in [1.82, 2.24) is 0 Å². The zero-order valence-electron chi connectivity index (χ0n) is 8.46. The molecule has 1 aromatic rings. The van der Waals surface area contributed by atoms with E-state index in [4.69, 9.17) is 11.0 Å². The predicted molar refractivity (Wildman–Crippen MR) is 55.8 cm³/mol. The molecule has 1 atom stereocenters. The van der Waals surface area contributed by atoms with Gasteiger partial charge in [-0.05, 0) is 23.8 Å². The van der Waals surface area contributed by atoms with Gasteiger partial charge in [-0.3, -0.25) is 0 Å². The number of hydrogen-bond donors (Lipinski definition) is 1. The van der Waals surface area contributed by atoms with Gasteiger partial charge >= 0.3 is 6.18 Å². The molecule has 2 N–H and O–H groups in total. The van der Waals surface area contributed by atoms with Crippen LogP contribution in [0.5, 0.6) is 0 Å². The molecule has 0 bridgehead atoms. The van der Waals surface area contributed by atoms with Crippen molar-refractivity contribution in [3.8, 4) is 6.07 Å². The molecule has 1 rings (SSSR count). The molecule has 0 saturated carbocycles. The Kier molecular flexibility index (Phi) is 5.39. The van der Waals surface area contributed by atoms with Crippen LogP contribution in [0.2, 0.25) is 0 Å². The topological polar surface area (TPSA) is 49.8 Å². The highest BCUT2D eigenvalue weighted by molar-refractivity contribution is 5.85. The monoisotopic (exact) mass is 268 g/mol. The molecule has 0 saturated heterocycles. The third-order valence-electron chi connectivity index (χ3n) is 2.03. The lowest BCUT2D eigenvalue weighted by Gasteiger charge is -2.16. The maximum atomic E-state index is 12.8. The van der Waals surface area contributed by atoms with Crippen molar-refractivity contribution in [2.24, 2.45) is 5.73 Å². The second-order valence-electron chi connectivity index (χ2n) is 3.20. The quantitative estimate of drug-likeness (QED) is 0.838. The molecule has 0 aliphatic carbocycles. The van der Waals surface area contributed by atoms with Gasteiger partial charge in [-0.25, -0.2) is 4.39 Å². The summed E-state index contributed by atoms with van der Waals surface area (Å²) in [6.45, 7) is 0. The number of nitrogens with zero attached hydrogens (tertiary/aromatic N) is 1. The van der Waals surface area contributed by atoms with Crippen LogP contribution in [-0.4, -0.2) is 0 Å². The molecule has 2 nitrogen and oxygen atoms in total. The van der Waals surface area contributed by atoms with Crippen LogP contribution in [0.15, 0.2) is 18.2 Å². The fraction of sp³-hybridized carbons (Fsp3) is 0.300. The van der Waals surface area contributed by atoms with Crippen molar-refractivity contribution in [3.63, 3.8) is 0 Å². The molecule has 0 aromatic heterocycles. The molecule has 0 aliphatic rings. The lowest BCUT2D eigenvalue weighted by molar-refractivity contribution is -0.138. The SMILES string of the molecule is Cl.N#CC[C@H](N)c1cc(F)ccc1C(F)(F)F. The van der Waals surface area contributed by atoms with Crippen LogP contribution in [0.3, 0.4) is 0 Å². The van der Waals surface area contributed by atoms with Gasteiger partial charge in [0.05, 0.1) is 18.1 Å². The standard InChI is InChI=1S/C10H8F4N2.ClH/c11-6-1-2-8(10(12,13)14)7(5-6)9(16)3-4-15;/h1-2,5,9H,3,16H2;1H/t9-;/m0./s1. The summed E-state index contributed by atoms with van der Waals surface area (Å²) in [5, 5.41) is 8.36. The normalized spacial score (nSPS) is 12.5. The third kappa shape index (κ3) is 3.88. The summed E-state index contributed by atoms with van der Waals surface area (Å²) in [5.41, 5.74) is 3.99. The molecule has 7 heteroatoms. The number of alkyl halides is 3. The van der Waals surface area contributed by atoms with Gasteiger partial charge in [0.25, 0.3) is 0 Å². The minimum Gasteiger partial charge on any atom is -0.323 e. The van der Waals surface area contributed by atoms with Gasteiger partial charge in [0.1, 0.15) is 5.82 Å². The average Bonchev–Trinajstić information content (AvgIpc) is 2.16. The Morgan fingerprint density at radius 1 is 1.35 bits per heavy atom. The first kappa shape index (κ1) is 15.7. The Bertz CT molecular complexity index is 425. The van der Waals surface area contributed by atoms with Crippen molar-refractivity contribution in [1.29, 1.82) is 5.26 Å². The second-order valence-corrected chi connectivity index (χ2v) is 3.20. The number of nitrogens with two attached hydrogens (primary N) is 1. The van der Waals surface area contributed by atoms with Gasteiger partial charge in [0.2, 0.25) is 0 Å². The lowest BCUT2D eigenvalue weighted by atomic mass is 9.98. The summed E-state index contributed by atoms with van der Waals surface area (Å²) in [5.74, 6) is -0.809. The molecular weight excluding hydrogens is 260 g/mol. The van der Waals surface area contributed by atoms with Gasteiger partial charge < -0.3 is 5.73 Å². The maximum Gasteiger partial charge on any atom is 0.416 e. The molecule has 0 heterocycles. The predicted octanol–water partition coefficient (Wildman–Crippen LogP) is 3.18. The van der Waals surface area contributed by atoms with Crippen LogP contribution in [0.4, 0.5) is 17.6 Å². The molecule has 0 aliphatic heterocycles. The van der Waals surface area contributed by atoms with E-state index in [9.17, 15) is 17.6 Å². The second kappa shape index (κ2) is 5.84. The Labute approximate surface area is 101 Å². The van der Waals surface area contributed by atoms with Gasteiger partial charge in [0.15, 0.2) is 0 Å². The molecule has 0 radical (unpaired) electrons. The fourth-order valence-corrected chi connectivity index (χ4v) is 1.31. The Hall–Kier alpha value is -1.32. The lowest BCUT2D eigenvalue weighted by Crippen LogP contribution is -2.17. The maximum absolute atomic E-state index is 12.8. The van der Waals surface area contributed by atoms with Crippen LogP contribution in [0, 0.1) is 17.1 Å². The van der Waals surface area contributed by atoms with E-state index in [0.717, 1.165) is 0 Å². The van der Waals surface area contributed by atoms with E-state index < -0.39 is 29.2 Å². The summed E-state index contributed by atoms with van der Waals surface area (Å²) < 4.78 is 50.4. The van der Waals surface area contributed by atoms with Crippen molar-refractivity contribution in [3.05, 3.63) is 35.1 Å². The Morgan fingerprint density at radius 3 is 2.41 bits per heavy atom. The van der Waals surface area contributed by atoms with Crippen LogP contribution >= 0.6 is 12.4 Å². The Morgan fingerprint density at radius 2 is 1.94 bits per heavy atom. The molecule has 0 amide bonds. The summed E-state index contributed by atoms with van der Waals surface area (Å²) in [7, 11) is 0. The molecular formula is C10H9ClF4N2. The van der Waals surface area contributed by atoms with Gasteiger partial charge in [-0.1, -0.05) is 0 Å². The first-order chi connectivity index (χ1) is 7.36. The molecule has 94 valence electrons. The Balaban J connectivity index is 0.00000256. The van der Waals surface area contributed by atoms with Crippen LogP contribution in [0.1, 0.15) is 23.6 Å². The number of benzene rings is 1. The first-order valence-corrected chi connectivity index (χ1v) is 4.35. The summed E-state index contributed by atoms with van der Waals surface area (Å²) in [6, 6.07) is 2.56.